The molecule has 6 nitrogen and oxygen atoms in total. The first kappa shape index (κ1) is 20.3. The largest absolute Gasteiger partial charge is 0.351 e. The van der Waals surface area contributed by atoms with Crippen LogP contribution in [0.25, 0.3) is 0 Å². The van der Waals surface area contributed by atoms with Crippen molar-refractivity contribution < 1.29 is 9.18 Å². The molecule has 0 aliphatic carbocycles. The first-order valence-corrected chi connectivity index (χ1v) is 7.26. The highest BCUT2D eigenvalue weighted by molar-refractivity contribution is 5.85. The van der Waals surface area contributed by atoms with Gasteiger partial charge in [-0.2, -0.15) is 5.10 Å². The third-order valence-corrected chi connectivity index (χ3v) is 3.69. The van der Waals surface area contributed by atoms with Crippen molar-refractivity contribution >= 4 is 30.7 Å². The first-order chi connectivity index (χ1) is 10.7. The van der Waals surface area contributed by atoms with Gasteiger partial charge in [-0.25, -0.2) is 14.1 Å². The highest BCUT2D eigenvalue weighted by atomic mass is 35.5. The Morgan fingerprint density at radius 2 is 2.00 bits per heavy atom. The lowest BCUT2D eigenvalue weighted by Crippen LogP contribution is -2.39. The molecule has 1 aromatic carbocycles. The van der Waals surface area contributed by atoms with E-state index in [1.165, 1.54) is 6.33 Å². The van der Waals surface area contributed by atoms with E-state index in [2.05, 4.69) is 20.7 Å². The Morgan fingerprint density at radius 1 is 1.29 bits per heavy atom. The van der Waals surface area contributed by atoms with Crippen LogP contribution in [0.3, 0.4) is 0 Å². The molecular weight excluding hydrogens is 356 g/mol. The molecule has 3 rings (SSSR count). The molecule has 1 amide bonds. The van der Waals surface area contributed by atoms with E-state index in [0.29, 0.717) is 13.1 Å². The number of carbonyl (C=O) groups is 1. The van der Waals surface area contributed by atoms with E-state index in [1.54, 1.807) is 11.0 Å². The standard InChI is InChI=1S/C15H18FN5O.2ClH/c16-13-5-14(18-7-13)15(22)19-6-11-1-3-12(4-2-11)8-21-10-17-9-20-21;;/h1-4,9-10,13-14,18H,5-8H2,(H,19,22);2*1H/t13-,14+;;/m0../s1. The second-order valence-corrected chi connectivity index (χ2v) is 5.42. The van der Waals surface area contributed by atoms with Gasteiger partial charge in [-0.15, -0.1) is 24.8 Å². The van der Waals surface area contributed by atoms with E-state index >= 15 is 0 Å². The predicted octanol–water partition coefficient (Wildman–Crippen LogP) is 1.49. The summed E-state index contributed by atoms with van der Waals surface area (Å²) in [6.07, 6.45) is 2.50. The number of hydrogen-bond acceptors (Lipinski definition) is 4. The van der Waals surface area contributed by atoms with Gasteiger partial charge in [-0.3, -0.25) is 4.79 Å². The summed E-state index contributed by atoms with van der Waals surface area (Å²) in [4.78, 5) is 15.8. The lowest BCUT2D eigenvalue weighted by atomic mass is 10.1. The summed E-state index contributed by atoms with van der Waals surface area (Å²) in [6.45, 7) is 1.36. The predicted molar refractivity (Wildman–Crippen MR) is 93.2 cm³/mol. The highest BCUT2D eigenvalue weighted by Crippen LogP contribution is 2.10. The van der Waals surface area contributed by atoms with Crippen molar-refractivity contribution in [1.29, 1.82) is 0 Å². The number of aromatic nitrogens is 3. The third-order valence-electron chi connectivity index (χ3n) is 3.69. The van der Waals surface area contributed by atoms with Crippen LogP contribution in [0.1, 0.15) is 17.5 Å². The van der Waals surface area contributed by atoms with E-state index in [0.717, 1.165) is 11.1 Å². The molecule has 0 spiro atoms. The van der Waals surface area contributed by atoms with Crippen LogP contribution in [0.2, 0.25) is 0 Å². The Labute approximate surface area is 152 Å². The van der Waals surface area contributed by atoms with E-state index in [-0.39, 0.29) is 43.7 Å². The summed E-state index contributed by atoms with van der Waals surface area (Å²) < 4.78 is 14.8. The molecule has 1 aliphatic heterocycles. The van der Waals surface area contributed by atoms with Gasteiger partial charge in [0.15, 0.2) is 0 Å². The monoisotopic (exact) mass is 375 g/mol. The maximum Gasteiger partial charge on any atom is 0.237 e. The fourth-order valence-corrected chi connectivity index (χ4v) is 2.47. The van der Waals surface area contributed by atoms with Gasteiger partial charge in [0.05, 0.1) is 12.6 Å². The number of hydrogen-bond donors (Lipinski definition) is 2. The lowest BCUT2D eigenvalue weighted by Gasteiger charge is -2.11. The summed E-state index contributed by atoms with van der Waals surface area (Å²) in [5, 5.41) is 9.76. The summed E-state index contributed by atoms with van der Waals surface area (Å²) in [5.41, 5.74) is 2.11. The van der Waals surface area contributed by atoms with Gasteiger partial charge in [0.1, 0.15) is 18.8 Å². The fraction of sp³-hybridized carbons (Fsp3) is 0.400. The van der Waals surface area contributed by atoms with Crippen molar-refractivity contribution in [2.75, 3.05) is 6.54 Å². The summed E-state index contributed by atoms with van der Waals surface area (Å²) in [6, 6.07) is 7.50. The Hall–Kier alpha value is -1.70. The maximum atomic E-state index is 13.0. The van der Waals surface area contributed by atoms with Crippen molar-refractivity contribution in [1.82, 2.24) is 25.4 Å². The molecular formula is C15H20Cl2FN5O. The number of rotatable bonds is 5. The van der Waals surface area contributed by atoms with E-state index in [1.807, 2.05) is 24.3 Å². The topological polar surface area (TPSA) is 71.8 Å². The van der Waals surface area contributed by atoms with Crippen molar-refractivity contribution in [3.8, 4) is 0 Å². The molecule has 0 radical (unpaired) electrons. The SMILES string of the molecule is Cl.Cl.O=C(NCc1ccc(Cn2cncn2)cc1)[C@H]1C[C@H](F)CN1. The third kappa shape index (κ3) is 5.43. The van der Waals surface area contributed by atoms with Gasteiger partial charge in [0.2, 0.25) is 5.91 Å². The zero-order chi connectivity index (χ0) is 15.4. The Bertz CT molecular complexity index is 623. The average molecular weight is 376 g/mol. The van der Waals surface area contributed by atoms with Gasteiger partial charge in [0.25, 0.3) is 0 Å². The van der Waals surface area contributed by atoms with Gasteiger partial charge in [0, 0.05) is 19.5 Å². The minimum absolute atomic E-state index is 0. The molecule has 132 valence electrons. The zero-order valence-corrected chi connectivity index (χ0v) is 14.5. The van der Waals surface area contributed by atoms with E-state index < -0.39 is 12.2 Å². The molecule has 1 aromatic heterocycles. The number of alkyl halides is 1. The number of nitrogens with zero attached hydrogens (tertiary/aromatic N) is 3. The minimum atomic E-state index is -0.924. The molecule has 0 saturated carbocycles. The molecule has 2 N–H and O–H groups in total. The quantitative estimate of drug-likeness (QED) is 0.830. The Balaban J connectivity index is 0.00000144. The molecule has 2 aromatic rings. The van der Waals surface area contributed by atoms with Crippen LogP contribution in [-0.2, 0) is 17.9 Å². The number of amides is 1. The lowest BCUT2D eigenvalue weighted by molar-refractivity contribution is -0.123. The fourth-order valence-electron chi connectivity index (χ4n) is 2.47. The molecule has 2 atom stereocenters. The highest BCUT2D eigenvalue weighted by Gasteiger charge is 2.28. The Morgan fingerprint density at radius 3 is 2.58 bits per heavy atom. The summed E-state index contributed by atoms with van der Waals surface area (Å²) >= 11 is 0. The van der Waals surface area contributed by atoms with E-state index in [9.17, 15) is 9.18 Å². The van der Waals surface area contributed by atoms with Crippen molar-refractivity contribution in [3.63, 3.8) is 0 Å². The van der Waals surface area contributed by atoms with Crippen LogP contribution in [0, 0.1) is 0 Å². The van der Waals surface area contributed by atoms with Crippen molar-refractivity contribution in [2.45, 2.75) is 31.7 Å². The normalized spacial score (nSPS) is 19.2. The summed E-state index contributed by atoms with van der Waals surface area (Å²) in [5.74, 6) is -0.146. The Kier molecular flexibility index (Phi) is 8.10. The second kappa shape index (κ2) is 9.56. The molecule has 2 heterocycles. The van der Waals surface area contributed by atoms with Gasteiger partial charge in [-0.1, -0.05) is 24.3 Å². The average Bonchev–Trinajstić information content (AvgIpc) is 3.18. The minimum Gasteiger partial charge on any atom is -0.351 e. The molecule has 0 bridgehead atoms. The number of carbonyl (C=O) groups excluding carboxylic acids is 1. The zero-order valence-electron chi connectivity index (χ0n) is 12.9. The van der Waals surface area contributed by atoms with Crippen LogP contribution in [0.5, 0.6) is 0 Å². The van der Waals surface area contributed by atoms with Gasteiger partial charge < -0.3 is 10.6 Å². The van der Waals surface area contributed by atoms with Crippen LogP contribution in [0.4, 0.5) is 4.39 Å². The maximum absolute atomic E-state index is 13.0. The van der Waals surface area contributed by atoms with Gasteiger partial charge in [-0.05, 0) is 11.1 Å². The van der Waals surface area contributed by atoms with Crippen LogP contribution in [0.15, 0.2) is 36.9 Å². The van der Waals surface area contributed by atoms with E-state index in [4.69, 9.17) is 0 Å². The first-order valence-electron chi connectivity index (χ1n) is 7.26. The summed E-state index contributed by atoms with van der Waals surface area (Å²) in [7, 11) is 0. The van der Waals surface area contributed by atoms with Gasteiger partial charge >= 0.3 is 0 Å². The van der Waals surface area contributed by atoms with Crippen LogP contribution >= 0.6 is 24.8 Å². The van der Waals surface area contributed by atoms with Crippen molar-refractivity contribution in [3.05, 3.63) is 48.0 Å². The van der Waals surface area contributed by atoms with Crippen molar-refractivity contribution in [2.24, 2.45) is 0 Å². The number of nitrogens with one attached hydrogen (secondary N) is 2. The molecule has 0 unspecified atom stereocenters. The molecule has 1 fully saturated rings. The molecule has 1 aliphatic rings. The molecule has 24 heavy (non-hydrogen) atoms. The number of benzene rings is 1. The van der Waals surface area contributed by atoms with Crippen LogP contribution < -0.4 is 10.6 Å². The van der Waals surface area contributed by atoms with Crippen LogP contribution in [-0.4, -0.2) is 39.4 Å². The second-order valence-electron chi connectivity index (χ2n) is 5.42. The smallest absolute Gasteiger partial charge is 0.237 e. The number of halogens is 3. The molecule has 1 saturated heterocycles. The molecule has 9 heteroatoms.